The third-order valence-electron chi connectivity index (χ3n) is 5.62. The molecule has 0 aliphatic carbocycles. The molecule has 1 amide bonds. The van der Waals surface area contributed by atoms with Crippen molar-refractivity contribution >= 4 is 28.3 Å². The number of nitrogens with zero attached hydrogens (tertiary/aromatic N) is 6. The van der Waals surface area contributed by atoms with Crippen LogP contribution < -0.4 is 21.3 Å². The number of carbonyl (C=O) groups is 1. The van der Waals surface area contributed by atoms with E-state index in [-0.39, 0.29) is 16.9 Å². The maximum Gasteiger partial charge on any atom is 0.262 e. The number of H-pyrrole nitrogens is 1. The first-order chi connectivity index (χ1) is 16.8. The van der Waals surface area contributed by atoms with Gasteiger partial charge >= 0.3 is 0 Å². The number of aromatic amines is 1. The number of hydrogen-bond acceptors (Lipinski definition) is 6. The Balaban J connectivity index is 1.51. The lowest BCUT2D eigenvalue weighted by molar-refractivity contribution is -0.726. The van der Waals surface area contributed by atoms with Crippen LogP contribution in [0.4, 0.5) is 5.82 Å². The van der Waals surface area contributed by atoms with E-state index in [0.717, 1.165) is 5.56 Å². The highest BCUT2D eigenvalue weighted by Gasteiger charge is 2.23. The third kappa shape index (κ3) is 3.87. The van der Waals surface area contributed by atoms with Gasteiger partial charge in [0.25, 0.3) is 11.5 Å². The molecule has 35 heavy (non-hydrogen) atoms. The third-order valence-corrected chi connectivity index (χ3v) is 5.62. The molecule has 0 saturated heterocycles. The Bertz CT molecular complexity index is 1730. The van der Waals surface area contributed by atoms with E-state index >= 15 is 0 Å². The number of rotatable bonds is 3. The predicted octanol–water partition coefficient (Wildman–Crippen LogP) is 0.602. The summed E-state index contributed by atoms with van der Waals surface area (Å²) in [4.78, 5) is 35.2. The first-order valence-corrected chi connectivity index (χ1v) is 10.8. The average Bonchev–Trinajstić information content (AvgIpc) is 3.41. The van der Waals surface area contributed by atoms with E-state index in [4.69, 9.17) is 5.73 Å². The predicted molar refractivity (Wildman–Crippen MR) is 128 cm³/mol. The second kappa shape index (κ2) is 8.42. The van der Waals surface area contributed by atoms with Crippen molar-refractivity contribution in [2.45, 2.75) is 13.0 Å². The topological polar surface area (TPSA) is 140 Å². The number of nitrogens with one attached hydrogen (secondary N) is 2. The van der Waals surface area contributed by atoms with Crippen molar-refractivity contribution in [1.29, 1.82) is 0 Å². The molecule has 5 rings (SSSR count). The Kier molecular flexibility index (Phi) is 5.25. The molecule has 5 aromatic rings. The van der Waals surface area contributed by atoms with Crippen molar-refractivity contribution in [2.75, 3.05) is 5.73 Å². The molecule has 0 fully saturated rings. The van der Waals surface area contributed by atoms with E-state index in [1.165, 1.54) is 9.08 Å². The molecule has 4 N–H and O–H groups in total. The Hall–Kier alpha value is -4.98. The van der Waals surface area contributed by atoms with Crippen molar-refractivity contribution in [2.24, 2.45) is 14.1 Å². The number of nitrogen functional groups attached to an aromatic ring is 1. The fourth-order valence-corrected chi connectivity index (χ4v) is 3.94. The number of carbonyl (C=O) groups excluding carboxylic acids is 1. The molecule has 4 aromatic heterocycles. The average molecular weight is 469 g/mol. The van der Waals surface area contributed by atoms with Crippen LogP contribution in [0.15, 0.2) is 53.8 Å². The van der Waals surface area contributed by atoms with E-state index in [1.807, 2.05) is 13.2 Å². The number of amides is 1. The minimum absolute atomic E-state index is 0.0630. The number of hydrogen-bond donors (Lipinski definition) is 3. The summed E-state index contributed by atoms with van der Waals surface area (Å²) in [6, 6.07) is 6.43. The van der Waals surface area contributed by atoms with E-state index in [0.29, 0.717) is 27.9 Å². The summed E-state index contributed by atoms with van der Waals surface area (Å²) in [5, 5.41) is 10.4. The minimum Gasteiger partial charge on any atom is -0.381 e. The fourth-order valence-electron chi connectivity index (χ4n) is 3.94. The Morgan fingerprint density at radius 3 is 2.89 bits per heavy atom. The summed E-state index contributed by atoms with van der Waals surface area (Å²) < 4.78 is 4.65. The van der Waals surface area contributed by atoms with Gasteiger partial charge in [0.2, 0.25) is 6.20 Å². The van der Waals surface area contributed by atoms with Gasteiger partial charge in [0, 0.05) is 25.0 Å². The quantitative estimate of drug-likeness (QED) is 0.262. The van der Waals surface area contributed by atoms with Crippen LogP contribution in [0.1, 0.15) is 40.3 Å². The lowest BCUT2D eigenvalue weighted by Gasteiger charge is -2.17. The second-order valence-electron chi connectivity index (χ2n) is 8.10. The molecule has 1 aromatic carbocycles. The molecule has 0 saturated carbocycles. The summed E-state index contributed by atoms with van der Waals surface area (Å²) in [7, 11) is 3.49. The monoisotopic (exact) mass is 468 g/mol. The van der Waals surface area contributed by atoms with Crippen LogP contribution in [0.2, 0.25) is 0 Å². The number of benzene rings is 1. The maximum absolute atomic E-state index is 13.3. The normalized spacial score (nSPS) is 11.9. The molecule has 174 valence electrons. The first-order valence-electron chi connectivity index (χ1n) is 10.8. The van der Waals surface area contributed by atoms with Gasteiger partial charge in [0.1, 0.15) is 17.0 Å². The molecule has 0 spiro atoms. The number of anilines is 1. The lowest BCUT2D eigenvalue weighted by Crippen LogP contribution is -2.33. The van der Waals surface area contributed by atoms with Crippen LogP contribution in [-0.4, -0.2) is 35.2 Å². The Morgan fingerprint density at radius 2 is 2.11 bits per heavy atom. The van der Waals surface area contributed by atoms with Gasteiger partial charge in [0.15, 0.2) is 18.5 Å². The zero-order valence-electron chi connectivity index (χ0n) is 19.3. The molecule has 0 bridgehead atoms. The molecule has 4 heterocycles. The molecule has 0 aliphatic heterocycles. The summed E-state index contributed by atoms with van der Waals surface area (Å²) in [5.41, 5.74) is 8.08. The molecule has 11 heteroatoms. The molecule has 11 nitrogen and oxygen atoms in total. The molecular weight excluding hydrogens is 446 g/mol. The number of fused-ring (bicyclic) bond motifs is 2. The molecular formula is C24H22N9O2+. The lowest BCUT2D eigenvalue weighted by atomic mass is 10.1. The SMILES string of the molecule is C[C@H](NC(=O)c1c(N)nn2cccnc12)c1nc2cccc(C#Cc3c[nH][n+](C)c3)c2c(=O)n1C. The molecule has 1 atom stereocenters. The molecule has 0 radical (unpaired) electrons. The number of aromatic nitrogens is 7. The van der Waals surface area contributed by atoms with Crippen molar-refractivity contribution < 1.29 is 9.48 Å². The van der Waals surface area contributed by atoms with Crippen LogP contribution in [0.25, 0.3) is 16.6 Å². The maximum atomic E-state index is 13.3. The standard InChI is InChI=1S/C24H21N9O2/c1-14(28-23(34)19-20(25)30-33-11-5-10-26-22(19)33)21-29-17-7-4-6-16(18(17)24(35)32(21)3)9-8-15-12-27-31(2)13-15/h4-7,10-14H,1-3H3,(H3,25,28,30,34)/p+1/t14-/m0/s1. The van der Waals surface area contributed by atoms with E-state index in [2.05, 4.69) is 37.3 Å². The summed E-state index contributed by atoms with van der Waals surface area (Å²) in [5.74, 6) is 6.12. The zero-order chi connectivity index (χ0) is 24.7. The van der Waals surface area contributed by atoms with Gasteiger partial charge in [0.05, 0.1) is 23.1 Å². The highest BCUT2D eigenvalue weighted by Crippen LogP contribution is 2.19. The number of aryl methyl sites for hydroxylation is 1. The highest BCUT2D eigenvalue weighted by molar-refractivity contribution is 6.04. The van der Waals surface area contributed by atoms with E-state index in [9.17, 15) is 9.59 Å². The van der Waals surface area contributed by atoms with Gasteiger partial charge in [-0.15, -0.1) is 9.78 Å². The highest BCUT2D eigenvalue weighted by atomic mass is 16.2. The van der Waals surface area contributed by atoms with Crippen molar-refractivity contribution in [1.82, 2.24) is 34.6 Å². The van der Waals surface area contributed by atoms with E-state index < -0.39 is 11.9 Å². The summed E-state index contributed by atoms with van der Waals surface area (Å²) in [6.07, 6.45) is 6.85. The van der Waals surface area contributed by atoms with Crippen molar-refractivity contribution in [3.63, 3.8) is 0 Å². The Morgan fingerprint density at radius 1 is 1.29 bits per heavy atom. The summed E-state index contributed by atoms with van der Waals surface area (Å²) >= 11 is 0. The van der Waals surface area contributed by atoms with Crippen LogP contribution in [-0.2, 0) is 14.1 Å². The van der Waals surface area contributed by atoms with Gasteiger partial charge in [-0.1, -0.05) is 17.9 Å². The zero-order valence-corrected chi connectivity index (χ0v) is 19.3. The molecule has 0 unspecified atom stereocenters. The second-order valence-corrected chi connectivity index (χ2v) is 8.10. The van der Waals surface area contributed by atoms with Crippen LogP contribution in [0, 0.1) is 11.8 Å². The van der Waals surface area contributed by atoms with Gasteiger partial charge < -0.3 is 11.1 Å². The van der Waals surface area contributed by atoms with Gasteiger partial charge in [-0.25, -0.2) is 14.5 Å². The largest absolute Gasteiger partial charge is 0.381 e. The van der Waals surface area contributed by atoms with E-state index in [1.54, 1.807) is 61.5 Å². The van der Waals surface area contributed by atoms with Crippen LogP contribution >= 0.6 is 0 Å². The minimum atomic E-state index is -0.600. The van der Waals surface area contributed by atoms with Crippen LogP contribution in [0.5, 0.6) is 0 Å². The van der Waals surface area contributed by atoms with Crippen molar-refractivity contribution in [3.05, 3.63) is 81.9 Å². The summed E-state index contributed by atoms with van der Waals surface area (Å²) in [6.45, 7) is 1.75. The van der Waals surface area contributed by atoms with Crippen LogP contribution in [0.3, 0.4) is 0 Å². The fraction of sp³-hybridized carbons (Fsp3) is 0.167. The smallest absolute Gasteiger partial charge is 0.262 e. The first kappa shape index (κ1) is 21.8. The van der Waals surface area contributed by atoms with Crippen molar-refractivity contribution in [3.8, 4) is 11.8 Å². The van der Waals surface area contributed by atoms with Gasteiger partial charge in [-0.3, -0.25) is 14.2 Å². The Labute approximate surface area is 199 Å². The number of nitrogens with two attached hydrogens (primary N) is 1. The van der Waals surface area contributed by atoms with Gasteiger partial charge in [-0.2, -0.15) is 5.10 Å². The van der Waals surface area contributed by atoms with Gasteiger partial charge in [-0.05, 0) is 25.1 Å². The molecule has 0 aliphatic rings.